The minimum Gasteiger partial charge on any atom is -0.311 e. The first-order valence-corrected chi connectivity index (χ1v) is 7.59. The van der Waals surface area contributed by atoms with E-state index in [1.165, 1.54) is 38.9 Å². The second-order valence-electron chi connectivity index (χ2n) is 6.65. The fourth-order valence-electron chi connectivity index (χ4n) is 3.18. The molecule has 0 aromatic rings. The molecule has 17 heavy (non-hydrogen) atoms. The molecule has 2 aliphatic rings. The summed E-state index contributed by atoms with van der Waals surface area (Å²) in [6, 6.07) is 1.55. The molecule has 3 atom stereocenters. The molecular formula is C15H30N2. The average Bonchev–Trinajstić information content (AvgIpc) is 3.11. The predicted molar refractivity (Wildman–Crippen MR) is 74.2 cm³/mol. The summed E-state index contributed by atoms with van der Waals surface area (Å²) in [5.74, 6) is 2.60. The Kier molecular flexibility index (Phi) is 4.48. The standard InChI is InChI=1S/C15H30N2/c1-5-12(4)15-8-16-14(13-6-7-13)10-17(15)9-11(2)3/h11-16H,5-10H2,1-4H3. The Hall–Kier alpha value is -0.0800. The summed E-state index contributed by atoms with van der Waals surface area (Å²) in [6.07, 6.45) is 4.22. The lowest BCUT2D eigenvalue weighted by Crippen LogP contribution is -2.59. The first-order valence-electron chi connectivity index (χ1n) is 7.59. The highest BCUT2D eigenvalue weighted by atomic mass is 15.2. The van der Waals surface area contributed by atoms with Crippen molar-refractivity contribution in [2.75, 3.05) is 19.6 Å². The van der Waals surface area contributed by atoms with Crippen molar-refractivity contribution in [3.05, 3.63) is 0 Å². The molecule has 0 amide bonds. The Bertz CT molecular complexity index is 235. The highest BCUT2D eigenvalue weighted by Gasteiger charge is 2.38. The lowest BCUT2D eigenvalue weighted by atomic mass is 9.93. The van der Waals surface area contributed by atoms with Crippen LogP contribution in [-0.4, -0.2) is 36.6 Å². The summed E-state index contributed by atoms with van der Waals surface area (Å²) in [4.78, 5) is 2.78. The van der Waals surface area contributed by atoms with Gasteiger partial charge in [0.05, 0.1) is 0 Å². The monoisotopic (exact) mass is 238 g/mol. The largest absolute Gasteiger partial charge is 0.311 e. The average molecular weight is 238 g/mol. The highest BCUT2D eigenvalue weighted by Crippen LogP contribution is 2.35. The van der Waals surface area contributed by atoms with Gasteiger partial charge in [-0.1, -0.05) is 34.1 Å². The van der Waals surface area contributed by atoms with Crippen molar-refractivity contribution in [1.82, 2.24) is 10.2 Å². The van der Waals surface area contributed by atoms with Gasteiger partial charge in [0.2, 0.25) is 0 Å². The molecular weight excluding hydrogens is 208 g/mol. The summed E-state index contributed by atoms with van der Waals surface area (Å²) < 4.78 is 0. The minimum atomic E-state index is 0.761. The molecule has 1 saturated carbocycles. The fourth-order valence-corrected chi connectivity index (χ4v) is 3.18. The van der Waals surface area contributed by atoms with Crippen LogP contribution < -0.4 is 5.32 Å². The first kappa shape index (κ1) is 13.4. The number of nitrogens with zero attached hydrogens (tertiary/aromatic N) is 1. The molecule has 100 valence electrons. The quantitative estimate of drug-likeness (QED) is 0.792. The van der Waals surface area contributed by atoms with Crippen LogP contribution in [0.5, 0.6) is 0 Å². The van der Waals surface area contributed by atoms with Gasteiger partial charge in [0, 0.05) is 31.7 Å². The first-order chi connectivity index (χ1) is 8.11. The molecule has 0 aromatic heterocycles. The van der Waals surface area contributed by atoms with Crippen LogP contribution in [0.15, 0.2) is 0 Å². The van der Waals surface area contributed by atoms with Crippen LogP contribution in [-0.2, 0) is 0 Å². The van der Waals surface area contributed by atoms with Crippen molar-refractivity contribution in [2.45, 2.75) is 59.0 Å². The Morgan fingerprint density at radius 1 is 1.24 bits per heavy atom. The molecule has 2 nitrogen and oxygen atoms in total. The second-order valence-corrected chi connectivity index (χ2v) is 6.65. The summed E-state index contributed by atoms with van der Waals surface area (Å²) in [5.41, 5.74) is 0. The van der Waals surface area contributed by atoms with Crippen LogP contribution in [0.1, 0.15) is 47.0 Å². The van der Waals surface area contributed by atoms with Crippen molar-refractivity contribution < 1.29 is 0 Å². The van der Waals surface area contributed by atoms with Crippen molar-refractivity contribution in [3.63, 3.8) is 0 Å². The zero-order valence-electron chi connectivity index (χ0n) is 12.1. The molecule has 1 aliphatic heterocycles. The van der Waals surface area contributed by atoms with Gasteiger partial charge in [-0.2, -0.15) is 0 Å². The van der Waals surface area contributed by atoms with Crippen LogP contribution in [0.2, 0.25) is 0 Å². The van der Waals surface area contributed by atoms with E-state index in [1.54, 1.807) is 0 Å². The number of hydrogen-bond donors (Lipinski definition) is 1. The molecule has 0 radical (unpaired) electrons. The van der Waals surface area contributed by atoms with E-state index in [-0.39, 0.29) is 0 Å². The van der Waals surface area contributed by atoms with Gasteiger partial charge in [0.25, 0.3) is 0 Å². The molecule has 2 fully saturated rings. The number of nitrogens with one attached hydrogen (secondary N) is 1. The number of piperazine rings is 1. The molecule has 2 rings (SSSR count). The highest BCUT2D eigenvalue weighted by molar-refractivity contribution is 4.95. The van der Waals surface area contributed by atoms with E-state index in [1.807, 2.05) is 0 Å². The number of hydrogen-bond acceptors (Lipinski definition) is 2. The van der Waals surface area contributed by atoms with E-state index in [9.17, 15) is 0 Å². The van der Waals surface area contributed by atoms with Crippen molar-refractivity contribution in [1.29, 1.82) is 0 Å². The van der Waals surface area contributed by atoms with Gasteiger partial charge < -0.3 is 5.32 Å². The summed E-state index contributed by atoms with van der Waals surface area (Å²) in [5, 5.41) is 3.81. The summed E-state index contributed by atoms with van der Waals surface area (Å²) in [6.45, 7) is 13.2. The molecule has 0 bridgehead atoms. The summed E-state index contributed by atoms with van der Waals surface area (Å²) >= 11 is 0. The van der Waals surface area contributed by atoms with E-state index in [0.717, 1.165) is 29.8 Å². The van der Waals surface area contributed by atoms with E-state index in [4.69, 9.17) is 0 Å². The zero-order valence-corrected chi connectivity index (χ0v) is 12.1. The Morgan fingerprint density at radius 3 is 2.47 bits per heavy atom. The van der Waals surface area contributed by atoms with E-state index in [2.05, 4.69) is 37.9 Å². The van der Waals surface area contributed by atoms with Gasteiger partial charge in [-0.05, 0) is 30.6 Å². The Morgan fingerprint density at radius 2 is 1.94 bits per heavy atom. The van der Waals surface area contributed by atoms with Gasteiger partial charge in [-0.25, -0.2) is 0 Å². The van der Waals surface area contributed by atoms with Gasteiger partial charge in [-0.15, -0.1) is 0 Å². The van der Waals surface area contributed by atoms with Gasteiger partial charge in [0.1, 0.15) is 0 Å². The molecule has 1 aliphatic carbocycles. The topological polar surface area (TPSA) is 15.3 Å². The molecule has 1 saturated heterocycles. The van der Waals surface area contributed by atoms with Crippen molar-refractivity contribution >= 4 is 0 Å². The second kappa shape index (κ2) is 5.71. The summed E-state index contributed by atoms with van der Waals surface area (Å²) in [7, 11) is 0. The van der Waals surface area contributed by atoms with Crippen LogP contribution in [0, 0.1) is 17.8 Å². The van der Waals surface area contributed by atoms with Crippen LogP contribution in [0.25, 0.3) is 0 Å². The van der Waals surface area contributed by atoms with Crippen LogP contribution in [0.4, 0.5) is 0 Å². The van der Waals surface area contributed by atoms with Gasteiger partial charge in [0.15, 0.2) is 0 Å². The number of rotatable bonds is 5. The smallest absolute Gasteiger partial charge is 0.0246 e. The lowest BCUT2D eigenvalue weighted by Gasteiger charge is -2.44. The van der Waals surface area contributed by atoms with E-state index < -0.39 is 0 Å². The maximum absolute atomic E-state index is 3.81. The molecule has 1 heterocycles. The van der Waals surface area contributed by atoms with E-state index >= 15 is 0 Å². The van der Waals surface area contributed by atoms with Crippen molar-refractivity contribution in [3.8, 4) is 0 Å². The van der Waals surface area contributed by atoms with Crippen molar-refractivity contribution in [2.24, 2.45) is 17.8 Å². The molecule has 0 aromatic carbocycles. The fraction of sp³-hybridized carbons (Fsp3) is 1.00. The molecule has 3 unspecified atom stereocenters. The lowest BCUT2D eigenvalue weighted by molar-refractivity contribution is 0.0748. The van der Waals surface area contributed by atoms with E-state index in [0.29, 0.717) is 0 Å². The SMILES string of the molecule is CCC(C)C1CNC(C2CC2)CN1CC(C)C. The molecule has 1 N–H and O–H groups in total. The van der Waals surface area contributed by atoms with Crippen LogP contribution in [0.3, 0.4) is 0 Å². The maximum atomic E-state index is 3.81. The predicted octanol–water partition coefficient (Wildman–Crippen LogP) is 2.74. The molecule has 0 spiro atoms. The molecule has 2 heteroatoms. The Labute approximate surface area is 107 Å². The Balaban J connectivity index is 1.95. The maximum Gasteiger partial charge on any atom is 0.0246 e. The third-order valence-corrected chi connectivity index (χ3v) is 4.58. The van der Waals surface area contributed by atoms with Gasteiger partial charge >= 0.3 is 0 Å². The third kappa shape index (κ3) is 3.45. The zero-order chi connectivity index (χ0) is 12.4. The van der Waals surface area contributed by atoms with Gasteiger partial charge in [-0.3, -0.25) is 4.90 Å². The third-order valence-electron chi connectivity index (χ3n) is 4.58. The van der Waals surface area contributed by atoms with Crippen LogP contribution >= 0.6 is 0 Å². The normalized spacial score (nSPS) is 33.0. The minimum absolute atomic E-state index is 0.761.